The fraction of sp³-hybridized carbons (Fsp3) is 0.316. The van der Waals surface area contributed by atoms with Gasteiger partial charge in [0.1, 0.15) is 0 Å². The van der Waals surface area contributed by atoms with Gasteiger partial charge in [-0.25, -0.2) is 9.67 Å². The van der Waals surface area contributed by atoms with E-state index in [0.717, 1.165) is 28.8 Å². The smallest absolute Gasteiger partial charge is 0.254 e. The Morgan fingerprint density at radius 3 is 2.56 bits per heavy atom. The van der Waals surface area contributed by atoms with Gasteiger partial charge in [0.2, 0.25) is 0 Å². The zero-order chi connectivity index (χ0) is 17.8. The van der Waals surface area contributed by atoms with E-state index in [1.165, 1.54) is 0 Å². The highest BCUT2D eigenvalue weighted by atomic mass is 35.5. The van der Waals surface area contributed by atoms with Crippen LogP contribution in [0.2, 0.25) is 0 Å². The molecule has 0 aliphatic heterocycles. The van der Waals surface area contributed by atoms with Crippen molar-refractivity contribution in [3.8, 4) is 11.3 Å². The molecule has 0 saturated heterocycles. The molecular formula is C19H25Cl2N5O. The zero-order valence-corrected chi connectivity index (χ0v) is 17.3. The predicted molar refractivity (Wildman–Crippen MR) is 114 cm³/mol. The molecule has 2 heterocycles. The molecule has 1 N–H and O–H groups in total. The molecular weight excluding hydrogens is 385 g/mol. The van der Waals surface area contributed by atoms with E-state index in [2.05, 4.69) is 10.4 Å². The number of likely N-dealkylation sites (N-methyl/N-ethyl adjacent to an activating group) is 2. The van der Waals surface area contributed by atoms with Gasteiger partial charge in [-0.3, -0.25) is 4.79 Å². The molecule has 0 radical (unpaired) electrons. The number of halogens is 2. The number of carbonyl (C=O) groups is 1. The van der Waals surface area contributed by atoms with Gasteiger partial charge in [-0.15, -0.1) is 24.8 Å². The lowest BCUT2D eigenvalue weighted by atomic mass is 10.1. The Kier molecular flexibility index (Phi) is 8.69. The third-order valence-electron chi connectivity index (χ3n) is 4.25. The zero-order valence-electron chi connectivity index (χ0n) is 15.7. The average molecular weight is 410 g/mol. The molecule has 0 saturated carbocycles. The van der Waals surface area contributed by atoms with E-state index in [-0.39, 0.29) is 30.7 Å². The first-order chi connectivity index (χ1) is 12.2. The highest BCUT2D eigenvalue weighted by molar-refractivity contribution is 6.06. The normalized spacial score (nSPS) is 10.2. The summed E-state index contributed by atoms with van der Waals surface area (Å²) in [7, 11) is 3.69. The standard InChI is InChI=1S/C19H23N5O.2ClH/c1-4-24-18-16(13-21-24)15(19(25)23(3)11-10-20-2)12-17(22-18)14-8-6-5-7-9-14;;/h5-9,12-13,20H,4,10-11H2,1-3H3;2*1H. The SMILES string of the molecule is CCn1ncc2c(C(=O)N(C)CCNC)cc(-c3ccccc3)nc21.Cl.Cl. The Bertz CT molecular complexity index is 882. The van der Waals surface area contributed by atoms with Crippen molar-refractivity contribution in [1.82, 2.24) is 25.0 Å². The molecule has 8 heteroatoms. The van der Waals surface area contributed by atoms with Crippen LogP contribution in [0.15, 0.2) is 42.6 Å². The van der Waals surface area contributed by atoms with Crippen LogP contribution in [0.3, 0.4) is 0 Å². The van der Waals surface area contributed by atoms with E-state index in [1.54, 1.807) is 11.1 Å². The van der Waals surface area contributed by atoms with Crippen LogP contribution in [0.5, 0.6) is 0 Å². The molecule has 2 aromatic heterocycles. The van der Waals surface area contributed by atoms with Gasteiger partial charge in [0.05, 0.1) is 22.8 Å². The quantitative estimate of drug-likeness (QED) is 0.678. The number of nitrogens with zero attached hydrogens (tertiary/aromatic N) is 4. The summed E-state index contributed by atoms with van der Waals surface area (Å²) in [6.07, 6.45) is 1.74. The van der Waals surface area contributed by atoms with Gasteiger partial charge in [-0.1, -0.05) is 30.3 Å². The second-order valence-electron chi connectivity index (χ2n) is 5.95. The number of hydrogen-bond donors (Lipinski definition) is 1. The van der Waals surface area contributed by atoms with Crippen molar-refractivity contribution in [3.05, 3.63) is 48.2 Å². The van der Waals surface area contributed by atoms with E-state index in [9.17, 15) is 4.79 Å². The lowest BCUT2D eigenvalue weighted by Crippen LogP contribution is -2.33. The first kappa shape index (κ1) is 22.9. The molecule has 0 spiro atoms. The molecule has 3 rings (SSSR count). The van der Waals surface area contributed by atoms with Crippen molar-refractivity contribution in [2.75, 3.05) is 27.2 Å². The van der Waals surface area contributed by atoms with Crippen molar-refractivity contribution < 1.29 is 4.79 Å². The number of benzene rings is 1. The topological polar surface area (TPSA) is 63.1 Å². The summed E-state index contributed by atoms with van der Waals surface area (Å²) >= 11 is 0. The second-order valence-corrected chi connectivity index (χ2v) is 5.95. The summed E-state index contributed by atoms with van der Waals surface area (Å²) in [5, 5.41) is 8.25. The summed E-state index contributed by atoms with van der Waals surface area (Å²) < 4.78 is 1.83. The maximum absolute atomic E-state index is 13.0. The number of hydrogen-bond acceptors (Lipinski definition) is 4. The molecule has 27 heavy (non-hydrogen) atoms. The van der Waals surface area contributed by atoms with Gasteiger partial charge < -0.3 is 10.2 Å². The number of aromatic nitrogens is 3. The molecule has 0 atom stereocenters. The molecule has 0 fully saturated rings. The number of pyridine rings is 1. The fourth-order valence-electron chi connectivity index (χ4n) is 2.80. The minimum Gasteiger partial charge on any atom is -0.340 e. The van der Waals surface area contributed by atoms with Crippen LogP contribution < -0.4 is 5.32 Å². The predicted octanol–water partition coefficient (Wildman–Crippen LogP) is 3.25. The molecule has 0 aliphatic rings. The van der Waals surface area contributed by atoms with Crippen LogP contribution in [-0.4, -0.2) is 52.8 Å². The number of aryl methyl sites for hydroxylation is 1. The van der Waals surface area contributed by atoms with Crippen LogP contribution in [-0.2, 0) is 6.54 Å². The molecule has 1 amide bonds. The third-order valence-corrected chi connectivity index (χ3v) is 4.25. The number of carbonyl (C=O) groups excluding carboxylic acids is 1. The summed E-state index contributed by atoms with van der Waals surface area (Å²) in [6, 6.07) is 11.8. The summed E-state index contributed by atoms with van der Waals surface area (Å²) in [4.78, 5) is 19.5. The Morgan fingerprint density at radius 1 is 1.22 bits per heavy atom. The summed E-state index contributed by atoms with van der Waals surface area (Å²) in [6.45, 7) is 4.11. The molecule has 6 nitrogen and oxygen atoms in total. The van der Waals surface area contributed by atoms with Crippen molar-refractivity contribution >= 4 is 41.8 Å². The van der Waals surface area contributed by atoms with Crippen molar-refractivity contribution in [2.24, 2.45) is 0 Å². The highest BCUT2D eigenvalue weighted by Gasteiger charge is 2.19. The Morgan fingerprint density at radius 2 is 1.93 bits per heavy atom. The Hall–Kier alpha value is -2.15. The van der Waals surface area contributed by atoms with E-state index >= 15 is 0 Å². The van der Waals surface area contributed by atoms with Gasteiger partial charge in [0, 0.05) is 32.2 Å². The Labute approximate surface area is 171 Å². The number of amides is 1. The highest BCUT2D eigenvalue weighted by Crippen LogP contribution is 2.25. The van der Waals surface area contributed by atoms with Crippen LogP contribution in [0.25, 0.3) is 22.3 Å². The first-order valence-corrected chi connectivity index (χ1v) is 8.47. The van der Waals surface area contributed by atoms with E-state index < -0.39 is 0 Å². The largest absolute Gasteiger partial charge is 0.340 e. The monoisotopic (exact) mass is 409 g/mol. The van der Waals surface area contributed by atoms with Crippen LogP contribution in [0.1, 0.15) is 17.3 Å². The van der Waals surface area contributed by atoms with Crippen molar-refractivity contribution in [3.63, 3.8) is 0 Å². The van der Waals surface area contributed by atoms with E-state index in [4.69, 9.17) is 4.98 Å². The number of nitrogens with one attached hydrogen (secondary N) is 1. The lowest BCUT2D eigenvalue weighted by molar-refractivity contribution is 0.0798. The van der Waals surface area contributed by atoms with E-state index in [1.807, 2.05) is 62.1 Å². The third kappa shape index (κ3) is 4.77. The van der Waals surface area contributed by atoms with Crippen molar-refractivity contribution in [1.29, 1.82) is 0 Å². The molecule has 0 unspecified atom stereocenters. The molecule has 146 valence electrons. The summed E-state index contributed by atoms with van der Waals surface area (Å²) in [5.41, 5.74) is 3.16. The van der Waals surface area contributed by atoms with Crippen LogP contribution >= 0.6 is 24.8 Å². The van der Waals surface area contributed by atoms with Gasteiger partial charge in [0.25, 0.3) is 5.91 Å². The maximum atomic E-state index is 13.0. The summed E-state index contributed by atoms with van der Waals surface area (Å²) in [5.74, 6) is -0.0181. The molecule has 3 aromatic rings. The van der Waals surface area contributed by atoms with E-state index in [0.29, 0.717) is 18.7 Å². The number of rotatable bonds is 6. The molecule has 0 bridgehead atoms. The molecule has 0 aliphatic carbocycles. The minimum absolute atomic E-state index is 0. The van der Waals surface area contributed by atoms with Gasteiger partial charge in [0.15, 0.2) is 5.65 Å². The fourth-order valence-corrected chi connectivity index (χ4v) is 2.80. The van der Waals surface area contributed by atoms with Crippen LogP contribution in [0, 0.1) is 0 Å². The lowest BCUT2D eigenvalue weighted by Gasteiger charge is -2.18. The van der Waals surface area contributed by atoms with Gasteiger partial charge in [-0.05, 0) is 20.0 Å². The first-order valence-electron chi connectivity index (χ1n) is 8.47. The maximum Gasteiger partial charge on any atom is 0.254 e. The van der Waals surface area contributed by atoms with Gasteiger partial charge in [-0.2, -0.15) is 5.10 Å². The number of fused-ring (bicyclic) bond motifs is 1. The second kappa shape index (κ2) is 10.3. The van der Waals surface area contributed by atoms with Gasteiger partial charge >= 0.3 is 0 Å². The van der Waals surface area contributed by atoms with Crippen molar-refractivity contribution in [2.45, 2.75) is 13.5 Å². The average Bonchev–Trinajstić information content (AvgIpc) is 3.08. The van der Waals surface area contributed by atoms with Crippen LogP contribution in [0.4, 0.5) is 0 Å². The Balaban J connectivity index is 0.00000182. The molecule has 1 aromatic carbocycles. The minimum atomic E-state index is -0.0181.